The van der Waals surface area contributed by atoms with Crippen molar-refractivity contribution >= 4 is 29.0 Å². The van der Waals surface area contributed by atoms with Crippen LogP contribution in [0.5, 0.6) is 0 Å². The minimum atomic E-state index is -0.556. The lowest BCUT2D eigenvalue weighted by Crippen LogP contribution is -2.38. The number of carbonyl (C=O) groups is 1. The molecule has 2 heterocycles. The summed E-state index contributed by atoms with van der Waals surface area (Å²) in [5.41, 5.74) is 1.76. The van der Waals surface area contributed by atoms with Crippen LogP contribution in [0.15, 0.2) is 58.8 Å². The van der Waals surface area contributed by atoms with Crippen LogP contribution in [0.3, 0.4) is 0 Å². The number of anilines is 1. The Morgan fingerprint density at radius 1 is 1.22 bits per heavy atom. The highest BCUT2D eigenvalue weighted by Gasteiger charge is 2.26. The normalized spacial score (nSPS) is 15.6. The molecule has 0 bridgehead atoms. The quantitative estimate of drug-likeness (QED) is 0.526. The van der Waals surface area contributed by atoms with Gasteiger partial charge in [0.2, 0.25) is 0 Å². The molecule has 27 heavy (non-hydrogen) atoms. The first-order valence-corrected chi connectivity index (χ1v) is 8.81. The molecule has 10 heteroatoms. The minimum Gasteiger partial charge on any atom is -0.361 e. The average Bonchev–Trinajstić information content (AvgIpc) is 3.06. The summed E-state index contributed by atoms with van der Waals surface area (Å²) >= 11 is 1.16. The first-order valence-electron chi connectivity index (χ1n) is 7.99. The topological polar surface area (TPSA) is 115 Å². The summed E-state index contributed by atoms with van der Waals surface area (Å²) < 4.78 is 1.68. The van der Waals surface area contributed by atoms with Gasteiger partial charge >= 0.3 is 0 Å². The van der Waals surface area contributed by atoms with Crippen molar-refractivity contribution in [2.75, 3.05) is 5.32 Å². The number of nitro groups is 1. The maximum absolute atomic E-state index is 12.3. The summed E-state index contributed by atoms with van der Waals surface area (Å²) in [5.74, 6) is -0.227. The van der Waals surface area contributed by atoms with Crippen molar-refractivity contribution in [3.63, 3.8) is 0 Å². The molecule has 0 fully saturated rings. The van der Waals surface area contributed by atoms with Crippen molar-refractivity contribution in [2.45, 2.75) is 16.2 Å². The van der Waals surface area contributed by atoms with Gasteiger partial charge < -0.3 is 15.2 Å². The standard InChI is InChI=1S/C17H14N6O3S/c1-22-9-18-21-17(22)27-14-7-6-10(8-13(14)23(25)26)15-19-12-5-3-2-4-11(12)16(24)20-15/h2-9,15,19H,1H3,(H,20,24)/t15-/m0/s1. The molecule has 0 unspecified atom stereocenters. The highest BCUT2D eigenvalue weighted by atomic mass is 32.2. The summed E-state index contributed by atoms with van der Waals surface area (Å²) in [6, 6.07) is 12.0. The number of hydrogen-bond acceptors (Lipinski definition) is 7. The Hall–Kier alpha value is -3.40. The Labute approximate surface area is 157 Å². The van der Waals surface area contributed by atoms with Crippen molar-refractivity contribution in [1.82, 2.24) is 20.1 Å². The van der Waals surface area contributed by atoms with Gasteiger partial charge in [-0.1, -0.05) is 18.2 Å². The van der Waals surface area contributed by atoms with E-state index in [1.807, 2.05) is 6.07 Å². The van der Waals surface area contributed by atoms with Crippen molar-refractivity contribution in [3.8, 4) is 0 Å². The number of fused-ring (bicyclic) bond motifs is 1. The molecule has 1 aromatic heterocycles. The number of aromatic nitrogens is 3. The Kier molecular flexibility index (Phi) is 4.24. The maximum atomic E-state index is 12.3. The van der Waals surface area contributed by atoms with Crippen LogP contribution < -0.4 is 10.6 Å². The number of nitrogens with one attached hydrogen (secondary N) is 2. The van der Waals surface area contributed by atoms with E-state index in [9.17, 15) is 14.9 Å². The molecule has 3 aromatic rings. The number of nitro benzene ring substituents is 1. The zero-order chi connectivity index (χ0) is 19.0. The Balaban J connectivity index is 1.67. The van der Waals surface area contributed by atoms with Crippen LogP contribution in [0.4, 0.5) is 11.4 Å². The van der Waals surface area contributed by atoms with E-state index < -0.39 is 11.1 Å². The third-order valence-electron chi connectivity index (χ3n) is 4.13. The monoisotopic (exact) mass is 382 g/mol. The van der Waals surface area contributed by atoms with Crippen molar-refractivity contribution in [1.29, 1.82) is 0 Å². The number of para-hydroxylation sites is 1. The largest absolute Gasteiger partial charge is 0.361 e. The maximum Gasteiger partial charge on any atom is 0.283 e. The molecule has 0 saturated carbocycles. The van der Waals surface area contributed by atoms with Crippen LogP contribution >= 0.6 is 11.8 Å². The third-order valence-corrected chi connectivity index (χ3v) is 5.25. The fourth-order valence-corrected chi connectivity index (χ4v) is 3.63. The lowest BCUT2D eigenvalue weighted by atomic mass is 10.1. The van der Waals surface area contributed by atoms with E-state index in [-0.39, 0.29) is 11.6 Å². The number of hydrogen-bond donors (Lipinski definition) is 2. The SMILES string of the molecule is Cn1cnnc1Sc1ccc([C@@H]2NC(=O)c3ccccc3N2)cc1[N+](=O)[O-]. The van der Waals surface area contributed by atoms with Gasteiger partial charge in [-0.05, 0) is 30.0 Å². The molecule has 1 amide bonds. The molecule has 1 aliphatic rings. The van der Waals surface area contributed by atoms with E-state index in [0.717, 1.165) is 11.8 Å². The molecule has 2 N–H and O–H groups in total. The molecule has 136 valence electrons. The summed E-state index contributed by atoms with van der Waals surface area (Å²) in [5, 5.41) is 25.9. The lowest BCUT2D eigenvalue weighted by molar-refractivity contribution is -0.387. The summed E-state index contributed by atoms with van der Waals surface area (Å²) in [6.07, 6.45) is 0.974. The molecule has 9 nitrogen and oxygen atoms in total. The van der Waals surface area contributed by atoms with Gasteiger partial charge in [0.05, 0.1) is 15.4 Å². The minimum absolute atomic E-state index is 0.0598. The van der Waals surface area contributed by atoms with Gasteiger partial charge in [0.1, 0.15) is 12.5 Å². The molecule has 0 saturated heterocycles. The van der Waals surface area contributed by atoms with Crippen molar-refractivity contribution in [2.24, 2.45) is 7.05 Å². The molecule has 1 aliphatic heterocycles. The third kappa shape index (κ3) is 3.22. The van der Waals surface area contributed by atoms with Gasteiger partial charge in [0.15, 0.2) is 5.16 Å². The van der Waals surface area contributed by atoms with E-state index in [1.54, 1.807) is 41.9 Å². The van der Waals surface area contributed by atoms with Crippen LogP contribution in [0.2, 0.25) is 0 Å². The van der Waals surface area contributed by atoms with Gasteiger partial charge in [-0.25, -0.2) is 0 Å². The molecule has 1 atom stereocenters. The van der Waals surface area contributed by atoms with Crippen LogP contribution in [-0.2, 0) is 7.05 Å². The predicted octanol–water partition coefficient (Wildman–Crippen LogP) is 2.73. The number of benzene rings is 2. The van der Waals surface area contributed by atoms with Gasteiger partial charge in [-0.15, -0.1) is 10.2 Å². The lowest BCUT2D eigenvalue weighted by Gasteiger charge is -2.28. The van der Waals surface area contributed by atoms with Crippen molar-refractivity contribution < 1.29 is 9.72 Å². The van der Waals surface area contributed by atoms with Crippen LogP contribution in [0.25, 0.3) is 0 Å². The second-order valence-electron chi connectivity index (χ2n) is 5.91. The second-order valence-corrected chi connectivity index (χ2v) is 6.92. The zero-order valence-electron chi connectivity index (χ0n) is 14.1. The van der Waals surface area contributed by atoms with Crippen LogP contribution in [0, 0.1) is 10.1 Å². The molecule has 4 rings (SSSR count). The number of amides is 1. The molecule has 0 radical (unpaired) electrons. The van der Waals surface area contributed by atoms with E-state index in [4.69, 9.17) is 0 Å². The predicted molar refractivity (Wildman–Crippen MR) is 98.5 cm³/mol. The Morgan fingerprint density at radius 3 is 2.78 bits per heavy atom. The summed E-state index contributed by atoms with van der Waals surface area (Å²) in [4.78, 5) is 23.9. The van der Waals surface area contributed by atoms with Gasteiger partial charge in [-0.3, -0.25) is 14.9 Å². The van der Waals surface area contributed by atoms with Gasteiger partial charge in [-0.2, -0.15) is 0 Å². The number of carbonyl (C=O) groups excluding carboxylic acids is 1. The van der Waals surface area contributed by atoms with Crippen LogP contribution in [0.1, 0.15) is 22.1 Å². The Morgan fingerprint density at radius 2 is 2.04 bits per heavy atom. The summed E-state index contributed by atoms with van der Waals surface area (Å²) in [7, 11) is 1.77. The summed E-state index contributed by atoms with van der Waals surface area (Å²) in [6.45, 7) is 0. The van der Waals surface area contributed by atoms with Gasteiger partial charge in [0.25, 0.3) is 11.6 Å². The highest BCUT2D eigenvalue weighted by Crippen LogP contribution is 2.36. The molecular weight excluding hydrogens is 368 g/mol. The zero-order valence-corrected chi connectivity index (χ0v) is 14.9. The molecule has 0 spiro atoms. The van der Waals surface area contributed by atoms with E-state index in [1.165, 1.54) is 12.4 Å². The highest BCUT2D eigenvalue weighted by molar-refractivity contribution is 7.99. The molecule has 0 aliphatic carbocycles. The number of aryl methyl sites for hydroxylation is 1. The fourth-order valence-electron chi connectivity index (χ4n) is 2.78. The number of nitrogens with zero attached hydrogens (tertiary/aromatic N) is 4. The van der Waals surface area contributed by atoms with Crippen molar-refractivity contribution in [3.05, 3.63) is 70.0 Å². The number of rotatable bonds is 4. The van der Waals surface area contributed by atoms with E-state index in [2.05, 4.69) is 20.8 Å². The smallest absolute Gasteiger partial charge is 0.283 e. The van der Waals surface area contributed by atoms with E-state index >= 15 is 0 Å². The molecule has 2 aromatic carbocycles. The fraction of sp³-hybridized carbons (Fsp3) is 0.118. The van der Waals surface area contributed by atoms with Crippen LogP contribution in [-0.4, -0.2) is 25.6 Å². The second kappa shape index (κ2) is 6.72. The average molecular weight is 382 g/mol. The first-order chi connectivity index (χ1) is 13.0. The molecular formula is C17H14N6O3S. The Bertz CT molecular complexity index is 1050. The van der Waals surface area contributed by atoms with Gasteiger partial charge in [0, 0.05) is 24.4 Å². The first kappa shape index (κ1) is 17.0. The van der Waals surface area contributed by atoms with E-state index in [0.29, 0.717) is 26.9 Å².